The van der Waals surface area contributed by atoms with Gasteiger partial charge in [-0.3, -0.25) is 22.9 Å². The van der Waals surface area contributed by atoms with Gasteiger partial charge in [-0.05, 0) is 227 Å². The highest BCUT2D eigenvalue weighted by Crippen LogP contribution is 2.53. The fraction of sp³-hybridized carbons (Fsp3) is 0.864. The molecule has 25 rings (SSSR count). The van der Waals surface area contributed by atoms with Gasteiger partial charge < -0.3 is 47.4 Å². The molecule has 0 aromatic heterocycles. The van der Waals surface area contributed by atoms with Gasteiger partial charge in [-0.25, -0.2) is 53.2 Å². The van der Waals surface area contributed by atoms with E-state index in [4.69, 9.17) is 47.4 Å². The van der Waals surface area contributed by atoms with Crippen LogP contribution in [0, 0.1) is 29.6 Å². The van der Waals surface area contributed by atoms with E-state index in [2.05, 4.69) is 241 Å². The Balaban J connectivity index is 0.000000101. The highest BCUT2D eigenvalue weighted by atomic mass is 16.6. The predicted molar refractivity (Wildman–Crippen MR) is 528 cm³/mol. The van der Waals surface area contributed by atoms with E-state index in [1.165, 1.54) is 158 Å². The van der Waals surface area contributed by atoms with Crippen LogP contribution in [0.5, 0.6) is 0 Å². The smallest absolute Gasteiger partial charge is 0.340 e. The van der Waals surface area contributed by atoms with Crippen LogP contribution in [0.2, 0.25) is 0 Å². The number of nitrogens with one attached hydrogen (secondary N) is 10. The van der Waals surface area contributed by atoms with Crippen LogP contribution in [0.1, 0.15) is 393 Å². The molecule has 135 heavy (non-hydrogen) atoms. The van der Waals surface area contributed by atoms with Crippen molar-refractivity contribution in [2.75, 3.05) is 0 Å². The lowest BCUT2D eigenvalue weighted by atomic mass is 9.82. The summed E-state index contributed by atoms with van der Waals surface area (Å²) in [4.78, 5) is 0. The van der Waals surface area contributed by atoms with Crippen molar-refractivity contribution in [1.29, 1.82) is 0 Å². The van der Waals surface area contributed by atoms with Crippen molar-refractivity contribution in [3.8, 4) is 0 Å². The average Bonchev–Trinajstić information content (AvgIpc) is 1.65. The molecule has 0 radical (unpaired) electrons. The zero-order valence-electron chi connectivity index (χ0n) is 85.8. The van der Waals surface area contributed by atoms with Crippen molar-refractivity contribution in [3.63, 3.8) is 0 Å². The van der Waals surface area contributed by atoms with Crippen LogP contribution in [0.15, 0.2) is 60.8 Å². The van der Waals surface area contributed by atoms with E-state index in [1.54, 1.807) is 0 Å². The summed E-state index contributed by atoms with van der Waals surface area (Å²) in [5.74, 6) is 8.42. The number of hydrogen-bond acceptors (Lipinski definition) is 20. The molecule has 750 valence electrons. The van der Waals surface area contributed by atoms with Crippen molar-refractivity contribution < 1.29 is 70.2 Å². The average molecular weight is 1870 g/mol. The fourth-order valence-corrected chi connectivity index (χ4v) is 31.8. The third kappa shape index (κ3) is 17.9. The molecule has 0 unspecified atom stereocenters. The zero-order valence-corrected chi connectivity index (χ0v) is 85.8. The molecule has 0 amide bonds. The van der Waals surface area contributed by atoms with E-state index in [0.717, 1.165) is 161 Å². The SMILES string of the molecule is CC[C@H]1C=CCC[C@@]2(C[C@@H]3CC[C@@H]4[C@@H](C)[C@]5(CCC[C@@H](C)O5)NC(=[N+]34)N2)O1.CC[C@H]1C=CCC[C@@]2(C[C@@H]3CC[C@@H]4[C@H](C)[C@]5(CCC[C@@H](C)O5)NC(=[N+]34)N2)O1.CC[C@H]1C=CCC[C@@]2(C[C@@H]3CC[C@H]4[C@@H](C)[C@@]5(CCC[C@@H](C)O5)NC(=[N+]34)N2)O1.CC[C@H]1C=CCC[C@@]2(C[C@@H]3CC[C@H]4[C@H](C)[C@@]5(CCC[C@@H](C)O5)NC(=[N+]34)N2)O1.CC[C@H]1C=CCC[C@@]2(C[C@@H]3CC[C@H]4[C@H](C)[C@]5(CCC[C@@H](C)O5)NC(=[N+]34)N2)O1. The van der Waals surface area contributed by atoms with Gasteiger partial charge in [0.25, 0.3) is 0 Å². The molecule has 10 spiro atoms. The summed E-state index contributed by atoms with van der Waals surface area (Å²) in [5, 5.41) is 38.8. The maximum absolute atomic E-state index is 6.69. The van der Waals surface area contributed by atoms with Gasteiger partial charge in [0.2, 0.25) is 0 Å². The standard InChI is InChI=1S/5C22H35N3O2/c5*1-4-18-9-5-6-12-21(27-18)14-17-10-11-19-16(3)22(13-7-8-15(2)26-22)24-20(23-21)25(17)19/h5*5,9,15-19H,4,6-8,10-14H2,1-3H3,(H,23,24)/p+5/t15-,16+,17+,18+,19+,21+,22+;15-,16+,17+,18+,19+,21+,22-;15-,16+,17+,18+,19-,21+,22-;15-,16-,17+,18+,19+,21+,22+;15-,16-,17+,18+,19-,21+,22-/m11111/s1. The van der Waals surface area contributed by atoms with Gasteiger partial charge in [0.1, 0.15) is 0 Å². The Kier molecular flexibility index (Phi) is 27.0. The normalized spacial score (nSPS) is 48.9. The maximum Gasteiger partial charge on any atom is 0.350 e. The molecule has 25 nitrogen and oxygen atoms in total. The van der Waals surface area contributed by atoms with Crippen molar-refractivity contribution in [1.82, 2.24) is 53.2 Å². The minimum absolute atomic E-state index is 0.215. The second-order valence-corrected chi connectivity index (χ2v) is 47.7. The Labute approximate surface area is 810 Å². The molecule has 0 bridgehead atoms. The molecule has 25 heterocycles. The van der Waals surface area contributed by atoms with E-state index in [9.17, 15) is 0 Å². The molecule has 0 aromatic carbocycles. The zero-order chi connectivity index (χ0) is 93.2. The minimum Gasteiger partial charge on any atom is -0.340 e. The topological polar surface area (TPSA) is 228 Å². The minimum atomic E-state index is -0.245. The monoisotopic (exact) mass is 1870 g/mol. The van der Waals surface area contributed by atoms with Crippen molar-refractivity contribution >= 4 is 29.8 Å². The molecule has 35 atom stereocenters. The molecule has 10 saturated heterocycles. The molecule has 0 aromatic rings. The van der Waals surface area contributed by atoms with Crippen LogP contribution < -0.4 is 53.2 Å². The van der Waals surface area contributed by atoms with Crippen LogP contribution in [0.25, 0.3) is 0 Å². The largest absolute Gasteiger partial charge is 0.350 e. The number of rotatable bonds is 5. The summed E-state index contributed by atoms with van der Waals surface area (Å²) in [5.41, 5.74) is -2.33. The summed E-state index contributed by atoms with van der Waals surface area (Å²) in [6, 6.07) is 5.78. The lowest BCUT2D eigenvalue weighted by Crippen LogP contribution is -2.74. The Morgan fingerprint density at radius 2 is 0.407 bits per heavy atom. The third-order valence-electron chi connectivity index (χ3n) is 38.9. The highest BCUT2D eigenvalue weighted by Gasteiger charge is 2.68. The maximum atomic E-state index is 6.69. The second-order valence-electron chi connectivity index (χ2n) is 47.7. The molecule has 10 N–H and O–H groups in total. The first-order valence-corrected chi connectivity index (χ1v) is 56.4. The first-order valence-electron chi connectivity index (χ1n) is 56.4. The number of guanidine groups is 5. The van der Waals surface area contributed by atoms with E-state index in [-0.39, 0.29) is 87.8 Å². The van der Waals surface area contributed by atoms with E-state index >= 15 is 0 Å². The summed E-state index contributed by atoms with van der Waals surface area (Å²) in [6.07, 6.45) is 77.0. The van der Waals surface area contributed by atoms with Gasteiger partial charge in [0.05, 0.1) is 151 Å². The summed E-state index contributed by atoms with van der Waals surface area (Å²) in [6.45, 7) is 34.2. The molecule has 25 aliphatic rings. The quantitative estimate of drug-likeness (QED) is 0.0912. The van der Waals surface area contributed by atoms with E-state index < -0.39 is 0 Å². The molecule has 25 aliphatic heterocycles. The first-order chi connectivity index (χ1) is 65.2. The fourth-order valence-electron chi connectivity index (χ4n) is 31.8. The van der Waals surface area contributed by atoms with Crippen molar-refractivity contribution in [2.45, 2.75) is 572 Å². The Morgan fingerprint density at radius 3 is 0.570 bits per heavy atom. The number of hydrogen-bond donors (Lipinski definition) is 10. The predicted octanol–water partition coefficient (Wildman–Crippen LogP) is 16.2. The van der Waals surface area contributed by atoms with Crippen LogP contribution in [0.3, 0.4) is 0 Å². The molecular weight excluding hydrogens is 1690 g/mol. The highest BCUT2D eigenvalue weighted by molar-refractivity contribution is 5.80. The lowest BCUT2D eigenvalue weighted by molar-refractivity contribution is -0.611. The lowest BCUT2D eigenvalue weighted by Gasteiger charge is -2.50. The van der Waals surface area contributed by atoms with Gasteiger partial charge in [-0.1, -0.05) is 130 Å². The van der Waals surface area contributed by atoms with Crippen molar-refractivity contribution in [3.05, 3.63) is 60.8 Å². The van der Waals surface area contributed by atoms with Crippen LogP contribution in [-0.4, -0.2) is 231 Å². The van der Waals surface area contributed by atoms with Crippen LogP contribution >= 0.6 is 0 Å². The molecule has 0 aliphatic carbocycles. The molecular formula is C110H180N15O10+5. The van der Waals surface area contributed by atoms with Gasteiger partial charge in [0.15, 0.2) is 57.2 Å². The Bertz CT molecular complexity index is 3960. The summed E-state index contributed by atoms with van der Waals surface area (Å²) >= 11 is 0. The molecule has 25 heteroatoms. The van der Waals surface area contributed by atoms with Crippen LogP contribution in [0.4, 0.5) is 0 Å². The third-order valence-corrected chi connectivity index (χ3v) is 38.9. The Hall–Kier alpha value is -5.35. The number of nitrogens with zero attached hydrogens (tertiary/aromatic N) is 5. The summed E-state index contributed by atoms with van der Waals surface area (Å²) in [7, 11) is 0. The van der Waals surface area contributed by atoms with E-state index in [0.29, 0.717) is 121 Å². The van der Waals surface area contributed by atoms with Gasteiger partial charge in [0, 0.05) is 96.3 Å². The van der Waals surface area contributed by atoms with Gasteiger partial charge >= 0.3 is 29.8 Å². The van der Waals surface area contributed by atoms with Crippen LogP contribution in [-0.2, 0) is 47.4 Å². The first kappa shape index (κ1) is 95.8. The molecule has 0 saturated carbocycles. The molecule has 10 fully saturated rings. The summed E-state index contributed by atoms with van der Waals surface area (Å²) < 4.78 is 79.7. The number of ether oxygens (including phenoxy) is 10. The second kappa shape index (κ2) is 38.1. The van der Waals surface area contributed by atoms with Gasteiger partial charge in [-0.15, -0.1) is 0 Å². The Morgan fingerprint density at radius 1 is 0.230 bits per heavy atom. The van der Waals surface area contributed by atoms with Crippen molar-refractivity contribution in [2.24, 2.45) is 29.6 Å². The van der Waals surface area contributed by atoms with Gasteiger partial charge in [-0.2, -0.15) is 0 Å². The van der Waals surface area contributed by atoms with E-state index in [1.807, 2.05) is 0 Å². The number of allylic oxidation sites excluding steroid dienone is 5.